The number of H-pyrrole nitrogens is 1. The topological polar surface area (TPSA) is 74.8 Å². The Morgan fingerprint density at radius 2 is 1.71 bits per heavy atom. The molecule has 0 aliphatic carbocycles. The molecular weight excluding hydrogens is 307 g/mol. The molecule has 0 aliphatic heterocycles. The number of aryl methyl sites for hydroxylation is 2. The molecule has 0 radical (unpaired) electrons. The van der Waals surface area contributed by atoms with Gasteiger partial charge in [0.15, 0.2) is 0 Å². The summed E-state index contributed by atoms with van der Waals surface area (Å²) in [6, 6.07) is 3.28. The Labute approximate surface area is 119 Å². The molecule has 0 amide bonds. The van der Waals surface area contributed by atoms with Crippen LogP contribution in [0, 0.1) is 13.8 Å². The third kappa shape index (κ3) is 3.18. The molecule has 21 heavy (non-hydrogen) atoms. The first-order valence-electron chi connectivity index (χ1n) is 5.83. The number of halogens is 3. The van der Waals surface area contributed by atoms with Gasteiger partial charge in [0.1, 0.15) is 0 Å². The minimum atomic E-state index is -4.51. The monoisotopic (exact) mass is 319 g/mol. The number of alkyl halides is 3. The summed E-state index contributed by atoms with van der Waals surface area (Å²) < 4.78 is 63.9. The minimum Gasteiger partial charge on any atom is -0.280 e. The van der Waals surface area contributed by atoms with Crippen LogP contribution in [0.2, 0.25) is 0 Å². The van der Waals surface area contributed by atoms with Gasteiger partial charge in [-0.25, -0.2) is 8.42 Å². The number of nitrogens with zero attached hydrogens (tertiary/aromatic N) is 1. The molecule has 0 aliphatic rings. The molecule has 0 bridgehead atoms. The van der Waals surface area contributed by atoms with E-state index < -0.39 is 21.8 Å². The second-order valence-electron chi connectivity index (χ2n) is 4.44. The van der Waals surface area contributed by atoms with Gasteiger partial charge in [-0.05, 0) is 38.1 Å². The molecule has 1 heterocycles. The summed E-state index contributed by atoms with van der Waals surface area (Å²) in [5.41, 5.74) is 0.345. The molecule has 0 saturated heterocycles. The van der Waals surface area contributed by atoms with Crippen molar-refractivity contribution in [2.24, 2.45) is 0 Å². The van der Waals surface area contributed by atoms with Crippen molar-refractivity contribution in [1.82, 2.24) is 10.2 Å². The van der Waals surface area contributed by atoms with Crippen molar-refractivity contribution in [3.63, 3.8) is 0 Å². The van der Waals surface area contributed by atoms with Gasteiger partial charge in [-0.1, -0.05) is 0 Å². The molecule has 5 nitrogen and oxygen atoms in total. The number of aromatic nitrogens is 2. The predicted molar refractivity (Wildman–Crippen MR) is 70.3 cm³/mol. The maximum Gasteiger partial charge on any atom is 0.416 e. The van der Waals surface area contributed by atoms with Crippen LogP contribution in [0.4, 0.5) is 18.9 Å². The highest BCUT2D eigenvalue weighted by Crippen LogP contribution is 2.30. The van der Waals surface area contributed by atoms with Crippen LogP contribution in [-0.2, 0) is 16.2 Å². The molecule has 0 unspecified atom stereocenters. The Hall–Kier alpha value is -2.03. The fourth-order valence-corrected chi connectivity index (χ4v) is 2.90. The zero-order valence-electron chi connectivity index (χ0n) is 11.1. The van der Waals surface area contributed by atoms with Gasteiger partial charge in [0, 0.05) is 0 Å². The van der Waals surface area contributed by atoms with Crippen molar-refractivity contribution in [1.29, 1.82) is 0 Å². The van der Waals surface area contributed by atoms with Crippen molar-refractivity contribution < 1.29 is 21.6 Å². The minimum absolute atomic E-state index is 0.254. The number of sulfonamides is 1. The van der Waals surface area contributed by atoms with Gasteiger partial charge in [-0.15, -0.1) is 0 Å². The SMILES string of the molecule is Cc1n[nH]c(C)c1NS(=O)(=O)c1ccc(C(F)(F)F)cc1. The van der Waals surface area contributed by atoms with Crippen LogP contribution in [0.25, 0.3) is 0 Å². The zero-order chi connectivity index (χ0) is 15.8. The number of hydrogen-bond acceptors (Lipinski definition) is 3. The number of hydrogen-bond donors (Lipinski definition) is 2. The lowest BCUT2D eigenvalue weighted by Crippen LogP contribution is -2.14. The molecule has 1 aromatic heterocycles. The lowest BCUT2D eigenvalue weighted by molar-refractivity contribution is -0.137. The maximum absolute atomic E-state index is 12.4. The standard InChI is InChI=1S/C12H12F3N3O2S/c1-7-11(8(2)17-16-7)18-21(19,20)10-5-3-9(4-6-10)12(13,14)15/h3-6,18H,1-2H3,(H,16,17). The summed E-state index contributed by atoms with van der Waals surface area (Å²) in [6.45, 7) is 3.23. The third-order valence-electron chi connectivity index (χ3n) is 2.86. The number of anilines is 1. The van der Waals surface area contributed by atoms with Crippen LogP contribution in [0.3, 0.4) is 0 Å². The van der Waals surface area contributed by atoms with Gasteiger partial charge in [0.05, 0.1) is 27.5 Å². The predicted octanol–water partition coefficient (Wildman–Crippen LogP) is 2.85. The summed E-state index contributed by atoms with van der Waals surface area (Å²) in [5.74, 6) is 0. The summed E-state index contributed by atoms with van der Waals surface area (Å²) in [5, 5.41) is 6.45. The normalized spacial score (nSPS) is 12.4. The van der Waals surface area contributed by atoms with E-state index in [2.05, 4.69) is 14.9 Å². The summed E-state index contributed by atoms with van der Waals surface area (Å²) in [6.07, 6.45) is -4.51. The molecule has 0 saturated carbocycles. The van der Waals surface area contributed by atoms with Gasteiger partial charge >= 0.3 is 6.18 Å². The largest absolute Gasteiger partial charge is 0.416 e. The van der Waals surface area contributed by atoms with E-state index in [0.29, 0.717) is 11.4 Å². The first-order chi connectivity index (χ1) is 9.61. The quantitative estimate of drug-likeness (QED) is 0.913. The molecule has 1 aromatic carbocycles. The van der Waals surface area contributed by atoms with Crippen molar-refractivity contribution in [3.05, 3.63) is 41.2 Å². The van der Waals surface area contributed by atoms with E-state index in [9.17, 15) is 21.6 Å². The second-order valence-corrected chi connectivity index (χ2v) is 6.12. The Kier molecular flexibility index (Phi) is 3.70. The van der Waals surface area contributed by atoms with Crippen molar-refractivity contribution >= 4 is 15.7 Å². The van der Waals surface area contributed by atoms with Crippen LogP contribution < -0.4 is 4.72 Å². The smallest absolute Gasteiger partial charge is 0.280 e. The highest BCUT2D eigenvalue weighted by molar-refractivity contribution is 7.92. The van der Waals surface area contributed by atoms with Crippen molar-refractivity contribution in [3.8, 4) is 0 Å². The molecule has 2 rings (SSSR count). The number of aromatic amines is 1. The Bertz CT molecular complexity index is 730. The van der Waals surface area contributed by atoms with Crippen LogP contribution in [-0.4, -0.2) is 18.6 Å². The molecule has 2 aromatic rings. The molecule has 0 spiro atoms. The van der Waals surface area contributed by atoms with E-state index >= 15 is 0 Å². The lowest BCUT2D eigenvalue weighted by atomic mass is 10.2. The highest BCUT2D eigenvalue weighted by Gasteiger charge is 2.30. The van der Waals surface area contributed by atoms with Gasteiger partial charge in [-0.2, -0.15) is 18.3 Å². The molecule has 2 N–H and O–H groups in total. The van der Waals surface area contributed by atoms with Gasteiger partial charge in [0.25, 0.3) is 10.0 Å². The lowest BCUT2D eigenvalue weighted by Gasteiger charge is -2.10. The van der Waals surface area contributed by atoms with Crippen molar-refractivity contribution in [2.45, 2.75) is 24.9 Å². The summed E-state index contributed by atoms with van der Waals surface area (Å²) in [7, 11) is -3.97. The number of nitrogens with one attached hydrogen (secondary N) is 2. The Morgan fingerprint density at radius 3 is 2.14 bits per heavy atom. The summed E-state index contributed by atoms with van der Waals surface area (Å²) >= 11 is 0. The van der Waals surface area contributed by atoms with E-state index in [1.807, 2.05) is 0 Å². The highest BCUT2D eigenvalue weighted by atomic mass is 32.2. The third-order valence-corrected chi connectivity index (χ3v) is 4.22. The second kappa shape index (κ2) is 5.06. The Balaban J connectivity index is 2.32. The van der Waals surface area contributed by atoms with Gasteiger partial charge in [0.2, 0.25) is 0 Å². The molecule has 0 fully saturated rings. The first kappa shape index (κ1) is 15.4. The van der Waals surface area contributed by atoms with E-state index in [4.69, 9.17) is 0 Å². The fourth-order valence-electron chi connectivity index (χ4n) is 1.72. The van der Waals surface area contributed by atoms with Gasteiger partial charge < -0.3 is 0 Å². The van der Waals surface area contributed by atoms with Crippen LogP contribution in [0.15, 0.2) is 29.2 Å². The summed E-state index contributed by atoms with van der Waals surface area (Å²) in [4.78, 5) is -0.254. The first-order valence-corrected chi connectivity index (χ1v) is 7.31. The van der Waals surface area contributed by atoms with Crippen molar-refractivity contribution in [2.75, 3.05) is 4.72 Å². The van der Waals surface area contributed by atoms with Crippen LogP contribution in [0.1, 0.15) is 17.0 Å². The van der Waals surface area contributed by atoms with Crippen LogP contribution in [0.5, 0.6) is 0 Å². The zero-order valence-corrected chi connectivity index (χ0v) is 11.9. The van der Waals surface area contributed by atoms with Gasteiger partial charge in [-0.3, -0.25) is 9.82 Å². The van der Waals surface area contributed by atoms with E-state index in [1.54, 1.807) is 13.8 Å². The molecule has 114 valence electrons. The molecular formula is C12H12F3N3O2S. The van der Waals surface area contributed by atoms with E-state index in [0.717, 1.165) is 24.3 Å². The number of rotatable bonds is 3. The molecule has 9 heteroatoms. The maximum atomic E-state index is 12.4. The average Bonchev–Trinajstić information content (AvgIpc) is 2.69. The Morgan fingerprint density at radius 1 is 1.14 bits per heavy atom. The number of benzene rings is 1. The fraction of sp³-hybridized carbons (Fsp3) is 0.250. The van der Waals surface area contributed by atoms with E-state index in [-0.39, 0.29) is 10.6 Å². The van der Waals surface area contributed by atoms with Crippen LogP contribution >= 0.6 is 0 Å². The van der Waals surface area contributed by atoms with E-state index in [1.165, 1.54) is 0 Å². The molecule has 0 atom stereocenters. The average molecular weight is 319 g/mol.